The van der Waals surface area contributed by atoms with Gasteiger partial charge in [0.15, 0.2) is 0 Å². The molecule has 2 fully saturated rings. The summed E-state index contributed by atoms with van der Waals surface area (Å²) < 4.78 is 6.13. The summed E-state index contributed by atoms with van der Waals surface area (Å²) in [6.45, 7) is 5.10. The van der Waals surface area contributed by atoms with Gasteiger partial charge < -0.3 is 9.64 Å². The van der Waals surface area contributed by atoms with Crippen LogP contribution in [0.1, 0.15) is 26.2 Å². The van der Waals surface area contributed by atoms with Crippen molar-refractivity contribution in [2.45, 2.75) is 31.8 Å². The predicted molar refractivity (Wildman–Crippen MR) is 102 cm³/mol. The Balaban J connectivity index is 1.50. The molecule has 26 heavy (non-hydrogen) atoms. The Bertz CT molecular complexity index is 940. The number of ether oxygens (including phenoxy) is 1. The van der Waals surface area contributed by atoms with Gasteiger partial charge in [0.2, 0.25) is 0 Å². The lowest BCUT2D eigenvalue weighted by molar-refractivity contribution is 0.200. The molecule has 2 aromatic heterocycles. The number of anilines is 1. The number of H-pyrrole nitrogens is 1. The molecule has 0 unspecified atom stereocenters. The molecule has 6 nitrogen and oxygen atoms in total. The molecule has 5 rings (SSSR count). The summed E-state index contributed by atoms with van der Waals surface area (Å²) in [4.78, 5) is 6.82. The Kier molecular flexibility index (Phi) is 3.60. The summed E-state index contributed by atoms with van der Waals surface area (Å²) in [5.41, 5.74) is 3.05. The van der Waals surface area contributed by atoms with Crippen molar-refractivity contribution in [1.82, 2.24) is 20.5 Å². The highest BCUT2D eigenvalue weighted by Crippen LogP contribution is 2.40. The number of nitrogens with one attached hydrogen (secondary N) is 2. The molecule has 134 valence electrons. The number of hydrogen-bond donors (Lipinski definition) is 2. The molecule has 0 amide bonds. The number of benzene rings is 1. The van der Waals surface area contributed by atoms with E-state index in [1.807, 2.05) is 24.4 Å². The molecular formula is C20H23N5O. The minimum atomic E-state index is 0.0165. The minimum Gasteiger partial charge on any atom is -0.488 e. The Morgan fingerprint density at radius 3 is 2.92 bits per heavy atom. The van der Waals surface area contributed by atoms with Crippen LogP contribution < -0.4 is 15.0 Å². The summed E-state index contributed by atoms with van der Waals surface area (Å²) in [6.07, 6.45) is 5.25. The van der Waals surface area contributed by atoms with Crippen LogP contribution >= 0.6 is 0 Å². The second kappa shape index (κ2) is 5.99. The van der Waals surface area contributed by atoms with Gasteiger partial charge >= 0.3 is 0 Å². The molecule has 0 bridgehead atoms. The molecule has 2 aliphatic rings. The standard InChI is InChI=1S/C20H23N5O/c1-20(6-7-20)26-15-3-4-17-16(12-15)19(24-23-17)14-5-9-22-18(11-14)25-10-2-8-21-13-25/h3-5,9,11-12,21H,2,6-8,10,13H2,1H3,(H,23,24). The number of aromatic amines is 1. The highest BCUT2D eigenvalue weighted by Gasteiger charge is 2.40. The van der Waals surface area contributed by atoms with Crippen molar-refractivity contribution in [3.8, 4) is 17.0 Å². The molecule has 0 spiro atoms. The predicted octanol–water partition coefficient (Wildman–Crippen LogP) is 3.31. The third-order valence-electron chi connectivity index (χ3n) is 5.28. The van der Waals surface area contributed by atoms with E-state index in [0.29, 0.717) is 0 Å². The first-order valence-electron chi connectivity index (χ1n) is 9.29. The Morgan fingerprint density at radius 1 is 1.19 bits per heavy atom. The monoisotopic (exact) mass is 349 g/mol. The molecule has 1 saturated carbocycles. The summed E-state index contributed by atoms with van der Waals surface area (Å²) in [7, 11) is 0. The minimum absolute atomic E-state index is 0.0165. The third-order valence-corrected chi connectivity index (χ3v) is 5.28. The van der Waals surface area contributed by atoms with E-state index >= 15 is 0 Å². The van der Waals surface area contributed by atoms with Gasteiger partial charge in [-0.1, -0.05) is 0 Å². The number of rotatable bonds is 4. The molecule has 1 aliphatic carbocycles. The molecule has 2 N–H and O–H groups in total. The van der Waals surface area contributed by atoms with E-state index in [-0.39, 0.29) is 5.60 Å². The average molecular weight is 349 g/mol. The first-order chi connectivity index (χ1) is 12.7. The molecular weight excluding hydrogens is 326 g/mol. The van der Waals surface area contributed by atoms with E-state index in [2.05, 4.69) is 44.5 Å². The maximum atomic E-state index is 6.13. The maximum absolute atomic E-state index is 6.13. The number of hydrogen-bond acceptors (Lipinski definition) is 5. The molecule has 1 saturated heterocycles. The first kappa shape index (κ1) is 15.6. The van der Waals surface area contributed by atoms with Crippen LogP contribution in [0.3, 0.4) is 0 Å². The van der Waals surface area contributed by atoms with Gasteiger partial charge in [-0.15, -0.1) is 0 Å². The van der Waals surface area contributed by atoms with Crippen molar-refractivity contribution >= 4 is 16.7 Å². The number of nitrogens with zero attached hydrogens (tertiary/aromatic N) is 3. The molecule has 0 atom stereocenters. The van der Waals surface area contributed by atoms with Gasteiger partial charge in [0.25, 0.3) is 0 Å². The fraction of sp³-hybridized carbons (Fsp3) is 0.400. The first-order valence-corrected chi connectivity index (χ1v) is 9.29. The second-order valence-electron chi connectivity index (χ2n) is 7.51. The third kappa shape index (κ3) is 2.90. The topological polar surface area (TPSA) is 66.1 Å². The molecule has 1 aliphatic heterocycles. The van der Waals surface area contributed by atoms with Gasteiger partial charge in [-0.3, -0.25) is 10.4 Å². The zero-order valence-electron chi connectivity index (χ0n) is 15.0. The van der Waals surface area contributed by atoms with Gasteiger partial charge in [0.05, 0.1) is 12.2 Å². The Morgan fingerprint density at radius 2 is 2.12 bits per heavy atom. The fourth-order valence-corrected chi connectivity index (χ4v) is 3.46. The van der Waals surface area contributed by atoms with Crippen LogP contribution in [0, 0.1) is 0 Å². The Labute approximate surface area is 152 Å². The van der Waals surface area contributed by atoms with E-state index in [0.717, 1.165) is 72.7 Å². The van der Waals surface area contributed by atoms with Crippen molar-refractivity contribution in [2.75, 3.05) is 24.7 Å². The van der Waals surface area contributed by atoms with Crippen molar-refractivity contribution in [2.24, 2.45) is 0 Å². The van der Waals surface area contributed by atoms with E-state index in [1.165, 1.54) is 0 Å². The number of aromatic nitrogens is 3. The SMILES string of the molecule is CC1(Oc2ccc3[nH]nc(-c4ccnc(N5CCCNC5)c4)c3c2)CC1. The summed E-state index contributed by atoms with van der Waals surface area (Å²) in [5.74, 6) is 1.90. The summed E-state index contributed by atoms with van der Waals surface area (Å²) in [5, 5.41) is 12.2. The van der Waals surface area contributed by atoms with Crippen LogP contribution in [0.25, 0.3) is 22.2 Å². The van der Waals surface area contributed by atoms with Crippen LogP contribution in [0.2, 0.25) is 0 Å². The molecule has 0 radical (unpaired) electrons. The highest BCUT2D eigenvalue weighted by atomic mass is 16.5. The molecule has 6 heteroatoms. The normalized spacial score (nSPS) is 18.9. The van der Waals surface area contributed by atoms with Crippen molar-refractivity contribution in [1.29, 1.82) is 0 Å². The van der Waals surface area contributed by atoms with Gasteiger partial charge in [-0.2, -0.15) is 5.10 Å². The zero-order valence-corrected chi connectivity index (χ0v) is 15.0. The van der Waals surface area contributed by atoms with Crippen LogP contribution in [0.15, 0.2) is 36.5 Å². The van der Waals surface area contributed by atoms with Crippen LogP contribution in [0.5, 0.6) is 5.75 Å². The van der Waals surface area contributed by atoms with E-state index in [9.17, 15) is 0 Å². The number of pyridine rings is 1. The molecule has 1 aromatic carbocycles. The van der Waals surface area contributed by atoms with Gasteiger partial charge in [0.1, 0.15) is 22.9 Å². The smallest absolute Gasteiger partial charge is 0.130 e. The largest absolute Gasteiger partial charge is 0.488 e. The highest BCUT2D eigenvalue weighted by molar-refractivity contribution is 5.94. The average Bonchev–Trinajstić information content (AvgIpc) is 3.25. The Hall–Kier alpha value is -2.60. The van der Waals surface area contributed by atoms with Crippen LogP contribution in [-0.4, -0.2) is 40.5 Å². The van der Waals surface area contributed by atoms with Crippen molar-refractivity contribution < 1.29 is 4.74 Å². The lowest BCUT2D eigenvalue weighted by atomic mass is 10.1. The molecule has 3 aromatic rings. The van der Waals surface area contributed by atoms with Gasteiger partial charge in [-0.05, 0) is 63.1 Å². The van der Waals surface area contributed by atoms with Gasteiger partial charge in [-0.25, -0.2) is 4.98 Å². The lowest BCUT2D eigenvalue weighted by Crippen LogP contribution is -2.41. The van der Waals surface area contributed by atoms with Crippen molar-refractivity contribution in [3.63, 3.8) is 0 Å². The van der Waals surface area contributed by atoms with Gasteiger partial charge in [0, 0.05) is 23.7 Å². The maximum Gasteiger partial charge on any atom is 0.130 e. The molecule has 3 heterocycles. The summed E-state index contributed by atoms with van der Waals surface area (Å²) >= 11 is 0. The quantitative estimate of drug-likeness (QED) is 0.756. The van der Waals surface area contributed by atoms with Crippen LogP contribution in [0.4, 0.5) is 5.82 Å². The van der Waals surface area contributed by atoms with E-state index in [1.54, 1.807) is 0 Å². The van der Waals surface area contributed by atoms with E-state index in [4.69, 9.17) is 4.74 Å². The second-order valence-corrected chi connectivity index (χ2v) is 7.51. The van der Waals surface area contributed by atoms with E-state index < -0.39 is 0 Å². The fourth-order valence-electron chi connectivity index (χ4n) is 3.46. The number of fused-ring (bicyclic) bond motifs is 1. The lowest BCUT2D eigenvalue weighted by Gasteiger charge is -2.28. The zero-order chi connectivity index (χ0) is 17.6. The van der Waals surface area contributed by atoms with Crippen molar-refractivity contribution in [3.05, 3.63) is 36.5 Å². The summed E-state index contributed by atoms with van der Waals surface area (Å²) in [6, 6.07) is 10.3. The van der Waals surface area contributed by atoms with Crippen LogP contribution in [-0.2, 0) is 0 Å².